The normalized spacial score (nSPS) is 11.7. The Bertz CT molecular complexity index is 3250. The molecule has 6 N–H and O–H groups in total. The summed E-state index contributed by atoms with van der Waals surface area (Å²) in [7, 11) is 0. The summed E-state index contributed by atoms with van der Waals surface area (Å²) in [5.74, 6) is -4.99. The molecule has 0 atom stereocenters. The topological polar surface area (TPSA) is 207 Å². The number of nitrogens with zero attached hydrogens (tertiary/aromatic N) is 2. The molecule has 8 bridgehead atoms. The van der Waals surface area contributed by atoms with Crippen LogP contribution in [0.3, 0.4) is 0 Å². The van der Waals surface area contributed by atoms with Gasteiger partial charge in [0.1, 0.15) is 0 Å². The average Bonchev–Trinajstić information content (AvgIpc) is 4.05. The number of rotatable bonds is 8. The Labute approximate surface area is 358 Å². The van der Waals surface area contributed by atoms with Crippen molar-refractivity contribution in [3.05, 3.63) is 178 Å². The van der Waals surface area contributed by atoms with Gasteiger partial charge in [-0.25, -0.2) is 29.1 Å². The number of aromatic nitrogens is 4. The second kappa shape index (κ2) is 16.0. The van der Waals surface area contributed by atoms with Crippen molar-refractivity contribution in [3.63, 3.8) is 0 Å². The number of benzene rings is 4. The summed E-state index contributed by atoms with van der Waals surface area (Å²) < 4.78 is 0. The number of nitrogens with one attached hydrogen (secondary N) is 2. The predicted molar refractivity (Wildman–Crippen MR) is 227 cm³/mol. The molecule has 0 saturated carbocycles. The number of hydrogen-bond donors (Lipinski definition) is 6. The number of fused-ring (bicyclic) bond motifs is 8. The number of carboxylic acids is 4. The Kier molecular flexibility index (Phi) is 10.4. The summed E-state index contributed by atoms with van der Waals surface area (Å²) in [6.07, 6.45) is 5.32. The van der Waals surface area contributed by atoms with Crippen molar-refractivity contribution in [3.8, 4) is 33.4 Å². The van der Waals surface area contributed by atoms with Gasteiger partial charge < -0.3 is 30.4 Å². The van der Waals surface area contributed by atoms with E-state index in [2.05, 4.69) is 9.97 Å². The van der Waals surface area contributed by atoms with Gasteiger partial charge in [-0.05, 0) is 89.5 Å². The molecule has 2 aliphatic heterocycles. The molecule has 1 radical (unpaired) electrons. The van der Waals surface area contributed by atoms with Crippen LogP contribution in [0.4, 0.5) is 0 Å². The number of hydrogen-bond acceptors (Lipinski definition) is 6. The largest absolute Gasteiger partial charge is 0.478 e. The summed E-state index contributed by atoms with van der Waals surface area (Å²) in [4.78, 5) is 68.9. The van der Waals surface area contributed by atoms with Crippen LogP contribution < -0.4 is 0 Å². The molecule has 7 aromatic rings. The Balaban J connectivity index is 0.00000514. The molecule has 9 rings (SSSR count). The van der Waals surface area contributed by atoms with Gasteiger partial charge in [0.05, 0.1) is 50.5 Å². The van der Waals surface area contributed by atoms with Gasteiger partial charge in [0, 0.05) is 63.9 Å². The van der Waals surface area contributed by atoms with Crippen molar-refractivity contribution >= 4 is 69.7 Å². The molecule has 4 aromatic carbocycles. The summed E-state index contributed by atoms with van der Waals surface area (Å²) in [5, 5.41) is 42.5. The van der Waals surface area contributed by atoms with Gasteiger partial charge in [-0.15, -0.1) is 0 Å². The minimum atomic E-state index is -1.28. The van der Waals surface area contributed by atoms with Gasteiger partial charge in [0.2, 0.25) is 0 Å². The first kappa shape index (κ1) is 39.8. The quantitative estimate of drug-likeness (QED) is 0.0796. The molecule has 0 spiro atoms. The zero-order valence-corrected chi connectivity index (χ0v) is 33.1. The number of carbonyl (C=O) groups is 4. The van der Waals surface area contributed by atoms with Crippen molar-refractivity contribution < 1.29 is 59.1 Å². The molecule has 0 unspecified atom stereocenters. The van der Waals surface area contributed by atoms with Crippen LogP contribution in [-0.4, -0.2) is 64.2 Å². The first-order chi connectivity index (χ1) is 29.0. The van der Waals surface area contributed by atoms with Gasteiger partial charge in [0.15, 0.2) is 0 Å². The van der Waals surface area contributed by atoms with E-state index in [-0.39, 0.29) is 86.3 Å². The third-order valence-corrected chi connectivity index (χ3v) is 10.3. The predicted octanol–water partition coefficient (Wildman–Crippen LogP) is 9.87. The maximum Gasteiger partial charge on any atom is 0.336 e. The van der Waals surface area contributed by atoms with Gasteiger partial charge in [-0.2, -0.15) is 0 Å². The van der Waals surface area contributed by atoms with Gasteiger partial charge in [0.25, 0.3) is 0 Å². The fourth-order valence-corrected chi connectivity index (χ4v) is 7.84. The van der Waals surface area contributed by atoms with E-state index in [1.54, 1.807) is 97.1 Å². The van der Waals surface area contributed by atoms with Crippen LogP contribution in [0.25, 0.3) is 79.2 Å². The van der Waals surface area contributed by atoms with Crippen LogP contribution in [0, 0.1) is 0 Å². The standard InChI is InChI=1S/C48H30N4O8.Rh/c53-45(54)34-13-5-1-9-30(34)38-23-29-22-27-18-17-25(49-27)21-26-19-20-28(50-26)24-39-40(31-10-2-6-14-35(31)46(55)56)41(32-11-3-7-15-36(32)47(57)58)44(52-39)42(43(38)51-29)33-12-4-8-16-37(33)48(59)60;/h1-24,49,52H,(H,53,54)(H,55,56)(H,57,58)(H,59,60);. The second-order valence-electron chi connectivity index (χ2n) is 14.0. The summed E-state index contributed by atoms with van der Waals surface area (Å²) >= 11 is 0. The molecule has 0 aliphatic carbocycles. The van der Waals surface area contributed by atoms with Gasteiger partial charge in [-0.3, -0.25) is 0 Å². The van der Waals surface area contributed by atoms with Crippen molar-refractivity contribution in [2.45, 2.75) is 0 Å². The molecule has 2 aliphatic rings. The molecular weight excluding hydrogens is 863 g/mol. The summed E-state index contributed by atoms with van der Waals surface area (Å²) in [6.45, 7) is 0. The Morgan fingerprint density at radius 3 is 1.39 bits per heavy atom. The van der Waals surface area contributed by atoms with Crippen molar-refractivity contribution in [2.24, 2.45) is 0 Å². The zero-order valence-electron chi connectivity index (χ0n) is 31.5. The molecular formula is C48H30N4O8Rh. The molecule has 0 saturated heterocycles. The molecule has 3 aromatic heterocycles. The molecule has 61 heavy (non-hydrogen) atoms. The number of aromatic amines is 2. The number of aromatic carboxylic acids is 4. The van der Waals surface area contributed by atoms with E-state index in [1.165, 1.54) is 24.3 Å². The second-order valence-corrected chi connectivity index (χ2v) is 14.0. The van der Waals surface area contributed by atoms with Gasteiger partial charge >= 0.3 is 23.9 Å². The van der Waals surface area contributed by atoms with Crippen LogP contribution in [0.5, 0.6) is 0 Å². The zero-order chi connectivity index (χ0) is 41.7. The Morgan fingerprint density at radius 2 is 0.869 bits per heavy atom. The van der Waals surface area contributed by atoms with Crippen molar-refractivity contribution in [2.75, 3.05) is 0 Å². The molecule has 0 amide bonds. The summed E-state index contributed by atoms with van der Waals surface area (Å²) in [5.41, 5.74) is 5.05. The smallest absolute Gasteiger partial charge is 0.336 e. The molecule has 0 fully saturated rings. The van der Waals surface area contributed by atoms with E-state index in [0.29, 0.717) is 39.3 Å². The maximum atomic E-state index is 13.2. The van der Waals surface area contributed by atoms with Crippen molar-refractivity contribution in [1.29, 1.82) is 0 Å². The van der Waals surface area contributed by atoms with Crippen LogP contribution >= 0.6 is 0 Å². The van der Waals surface area contributed by atoms with E-state index in [1.807, 2.05) is 24.3 Å². The van der Waals surface area contributed by atoms with E-state index in [9.17, 15) is 39.6 Å². The minimum Gasteiger partial charge on any atom is -0.478 e. The minimum absolute atomic E-state index is 0. The molecule has 12 nitrogen and oxygen atoms in total. The molecule has 299 valence electrons. The molecule has 13 heteroatoms. The van der Waals surface area contributed by atoms with Crippen LogP contribution in [0.15, 0.2) is 127 Å². The number of H-pyrrole nitrogens is 2. The third kappa shape index (κ3) is 7.23. The van der Waals surface area contributed by atoms with Crippen molar-refractivity contribution in [1.82, 2.24) is 19.9 Å². The van der Waals surface area contributed by atoms with E-state index < -0.39 is 23.9 Å². The average molecular weight is 894 g/mol. The Hall–Kier alpha value is -8.02. The monoisotopic (exact) mass is 893 g/mol. The maximum absolute atomic E-state index is 13.2. The fourth-order valence-electron chi connectivity index (χ4n) is 7.84. The van der Waals surface area contributed by atoms with E-state index in [4.69, 9.17) is 9.97 Å². The van der Waals surface area contributed by atoms with Crippen LogP contribution in [-0.2, 0) is 19.5 Å². The van der Waals surface area contributed by atoms with Gasteiger partial charge in [-0.1, -0.05) is 72.8 Å². The third-order valence-electron chi connectivity index (χ3n) is 10.3. The first-order valence-electron chi connectivity index (χ1n) is 18.5. The van der Waals surface area contributed by atoms with Crippen LogP contribution in [0.2, 0.25) is 0 Å². The molecule has 5 heterocycles. The van der Waals surface area contributed by atoms with E-state index in [0.717, 1.165) is 5.52 Å². The van der Waals surface area contributed by atoms with Crippen LogP contribution in [0.1, 0.15) is 69.8 Å². The first-order valence-corrected chi connectivity index (χ1v) is 18.5. The van der Waals surface area contributed by atoms with E-state index >= 15 is 0 Å². The SMILES string of the molecule is O=C(O)c1ccccc1C1=Cc2cc3ccc(cc4nc(cc5[nH]c(c(-c6ccccc6C(=O)O)c1n2)c(-c1ccccc1C(=O)O)c5-c1ccccc1C(=O)O)C=C4)[nH]3.[Rh]. The fraction of sp³-hybridized carbons (Fsp3) is 0. The summed E-state index contributed by atoms with van der Waals surface area (Å²) in [6, 6.07) is 34.3. The number of carboxylic acid groups (broad SMARTS) is 4. The Morgan fingerprint density at radius 1 is 0.443 bits per heavy atom.